The zero-order chi connectivity index (χ0) is 19.2. The smallest absolute Gasteiger partial charge is 0.276 e. The zero-order valence-electron chi connectivity index (χ0n) is 14.1. The molecule has 0 aliphatic heterocycles. The number of nitrogens with zero attached hydrogens (tertiary/aromatic N) is 2. The number of anilines is 2. The third-order valence-electron chi connectivity index (χ3n) is 3.53. The lowest BCUT2D eigenvalue weighted by Gasteiger charge is -2.09. The molecule has 2 amide bonds. The van der Waals surface area contributed by atoms with Gasteiger partial charge in [-0.2, -0.15) is 5.10 Å². The Balaban J connectivity index is 1.72. The van der Waals surface area contributed by atoms with Gasteiger partial charge in [0.1, 0.15) is 12.2 Å². The van der Waals surface area contributed by atoms with Crippen LogP contribution in [-0.2, 0) is 11.3 Å². The average Bonchev–Trinajstić information content (AvgIpc) is 2.64. The number of rotatable bonds is 5. The summed E-state index contributed by atoms with van der Waals surface area (Å²) in [4.78, 5) is 36.4. The van der Waals surface area contributed by atoms with E-state index in [1.54, 1.807) is 48.5 Å². The van der Waals surface area contributed by atoms with E-state index in [4.69, 9.17) is 11.6 Å². The predicted molar refractivity (Wildman–Crippen MR) is 103 cm³/mol. The lowest BCUT2D eigenvalue weighted by atomic mass is 10.3. The van der Waals surface area contributed by atoms with E-state index in [1.807, 2.05) is 6.07 Å². The molecule has 0 saturated heterocycles. The molecule has 0 aliphatic rings. The molecule has 0 unspecified atom stereocenters. The number of carbonyl (C=O) groups excluding carboxylic acids is 2. The molecule has 27 heavy (non-hydrogen) atoms. The van der Waals surface area contributed by atoms with Gasteiger partial charge in [-0.15, -0.1) is 0 Å². The van der Waals surface area contributed by atoms with E-state index in [1.165, 1.54) is 12.1 Å². The van der Waals surface area contributed by atoms with Gasteiger partial charge >= 0.3 is 0 Å². The summed E-state index contributed by atoms with van der Waals surface area (Å²) in [6.45, 7) is -0.336. The SMILES string of the molecule is O=C(Cn1nc(C(=O)Nc2ccccc2)ccc1=O)Nc1cccc(Cl)c1. The minimum Gasteiger partial charge on any atom is -0.324 e. The third kappa shape index (κ3) is 5.02. The van der Waals surface area contributed by atoms with Gasteiger partial charge in [0.05, 0.1) is 0 Å². The predicted octanol–water partition coefficient (Wildman–Crippen LogP) is 2.79. The number of aromatic nitrogens is 2. The number of para-hydroxylation sites is 1. The van der Waals surface area contributed by atoms with Crippen molar-refractivity contribution in [3.63, 3.8) is 0 Å². The van der Waals surface area contributed by atoms with Gasteiger partial charge in [0.2, 0.25) is 5.91 Å². The van der Waals surface area contributed by atoms with Crippen molar-refractivity contribution in [3.8, 4) is 0 Å². The quantitative estimate of drug-likeness (QED) is 0.709. The minimum atomic E-state index is -0.493. The summed E-state index contributed by atoms with van der Waals surface area (Å²) in [5, 5.41) is 9.74. The summed E-state index contributed by atoms with van der Waals surface area (Å²) in [6, 6.07) is 18.0. The normalized spacial score (nSPS) is 10.3. The van der Waals surface area contributed by atoms with Crippen molar-refractivity contribution in [2.45, 2.75) is 6.54 Å². The van der Waals surface area contributed by atoms with Gasteiger partial charge in [-0.05, 0) is 36.4 Å². The molecule has 0 saturated carbocycles. The van der Waals surface area contributed by atoms with Crippen LogP contribution in [0.25, 0.3) is 0 Å². The van der Waals surface area contributed by atoms with Gasteiger partial charge in [0.25, 0.3) is 11.5 Å². The molecule has 7 nitrogen and oxygen atoms in total. The summed E-state index contributed by atoms with van der Waals surface area (Å²) in [7, 11) is 0. The topological polar surface area (TPSA) is 93.1 Å². The van der Waals surface area contributed by atoms with Crippen molar-refractivity contribution < 1.29 is 9.59 Å². The van der Waals surface area contributed by atoms with E-state index in [-0.39, 0.29) is 12.2 Å². The summed E-state index contributed by atoms with van der Waals surface area (Å²) in [5.74, 6) is -0.947. The van der Waals surface area contributed by atoms with Crippen molar-refractivity contribution >= 4 is 34.8 Å². The fraction of sp³-hybridized carbons (Fsp3) is 0.0526. The van der Waals surface area contributed by atoms with Crippen LogP contribution in [0, 0.1) is 0 Å². The Labute approximate surface area is 159 Å². The van der Waals surface area contributed by atoms with E-state index in [2.05, 4.69) is 15.7 Å². The molecule has 3 aromatic rings. The summed E-state index contributed by atoms with van der Waals surface area (Å²) < 4.78 is 0.930. The monoisotopic (exact) mass is 382 g/mol. The van der Waals surface area contributed by atoms with Gasteiger partial charge in [-0.3, -0.25) is 14.4 Å². The molecule has 0 spiro atoms. The Morgan fingerprint density at radius 1 is 0.926 bits per heavy atom. The van der Waals surface area contributed by atoms with Crippen LogP contribution < -0.4 is 16.2 Å². The second-order valence-electron chi connectivity index (χ2n) is 5.59. The fourth-order valence-corrected chi connectivity index (χ4v) is 2.49. The highest BCUT2D eigenvalue weighted by molar-refractivity contribution is 6.30. The van der Waals surface area contributed by atoms with Crippen molar-refractivity contribution in [2.75, 3.05) is 10.6 Å². The van der Waals surface area contributed by atoms with Crippen molar-refractivity contribution in [2.24, 2.45) is 0 Å². The van der Waals surface area contributed by atoms with E-state index in [0.717, 1.165) is 4.68 Å². The molecule has 1 heterocycles. The molecule has 0 fully saturated rings. The molecule has 0 atom stereocenters. The Hall–Kier alpha value is -3.45. The number of hydrogen-bond acceptors (Lipinski definition) is 4. The van der Waals surface area contributed by atoms with E-state index in [9.17, 15) is 14.4 Å². The highest BCUT2D eigenvalue weighted by Crippen LogP contribution is 2.14. The van der Waals surface area contributed by atoms with Crippen LogP contribution >= 0.6 is 11.6 Å². The van der Waals surface area contributed by atoms with Gasteiger partial charge < -0.3 is 10.6 Å². The molecule has 3 rings (SSSR count). The summed E-state index contributed by atoms with van der Waals surface area (Å²) in [6.07, 6.45) is 0. The maximum Gasteiger partial charge on any atom is 0.276 e. The highest BCUT2D eigenvalue weighted by Gasteiger charge is 2.12. The Kier molecular flexibility index (Phi) is 5.63. The fourth-order valence-electron chi connectivity index (χ4n) is 2.30. The lowest BCUT2D eigenvalue weighted by Crippen LogP contribution is -2.31. The van der Waals surface area contributed by atoms with Crippen LogP contribution in [0.4, 0.5) is 11.4 Å². The van der Waals surface area contributed by atoms with Gasteiger partial charge in [-0.1, -0.05) is 35.9 Å². The van der Waals surface area contributed by atoms with Gasteiger partial charge in [-0.25, -0.2) is 4.68 Å². The highest BCUT2D eigenvalue weighted by atomic mass is 35.5. The number of nitrogens with one attached hydrogen (secondary N) is 2. The Bertz CT molecular complexity index is 1030. The van der Waals surface area contributed by atoms with Crippen LogP contribution in [-0.4, -0.2) is 21.6 Å². The first kappa shape index (κ1) is 18.3. The average molecular weight is 383 g/mol. The standard InChI is InChI=1S/C19H15ClN4O3/c20-13-5-4-8-15(11-13)21-17(25)12-24-18(26)10-9-16(23-24)19(27)22-14-6-2-1-3-7-14/h1-11H,12H2,(H,21,25)(H,22,27). The zero-order valence-corrected chi connectivity index (χ0v) is 14.8. The minimum absolute atomic E-state index is 0.0222. The van der Waals surface area contributed by atoms with Crippen LogP contribution in [0.1, 0.15) is 10.5 Å². The molecule has 0 radical (unpaired) electrons. The summed E-state index contributed by atoms with van der Waals surface area (Å²) in [5.41, 5.74) is 0.626. The van der Waals surface area contributed by atoms with Gasteiger partial charge in [0.15, 0.2) is 0 Å². The van der Waals surface area contributed by atoms with Gasteiger partial charge in [0, 0.05) is 22.5 Å². The number of hydrogen-bond donors (Lipinski definition) is 2. The molecular weight excluding hydrogens is 368 g/mol. The summed E-state index contributed by atoms with van der Waals surface area (Å²) >= 11 is 5.87. The Morgan fingerprint density at radius 3 is 2.41 bits per heavy atom. The van der Waals surface area contributed by atoms with Crippen LogP contribution in [0.2, 0.25) is 5.02 Å². The first-order valence-electron chi connectivity index (χ1n) is 8.01. The molecule has 2 aromatic carbocycles. The maximum atomic E-state index is 12.3. The molecule has 1 aromatic heterocycles. The molecule has 2 N–H and O–H groups in total. The maximum absolute atomic E-state index is 12.3. The van der Waals surface area contributed by atoms with Crippen LogP contribution in [0.15, 0.2) is 71.5 Å². The number of halogens is 1. The second kappa shape index (κ2) is 8.29. The molecular formula is C19H15ClN4O3. The lowest BCUT2D eigenvalue weighted by molar-refractivity contribution is -0.117. The van der Waals surface area contributed by atoms with Crippen LogP contribution in [0.3, 0.4) is 0 Å². The third-order valence-corrected chi connectivity index (χ3v) is 3.77. The van der Waals surface area contributed by atoms with Crippen molar-refractivity contribution in [3.05, 3.63) is 87.8 Å². The molecule has 136 valence electrons. The largest absolute Gasteiger partial charge is 0.324 e. The molecule has 0 aliphatic carbocycles. The molecule has 0 bridgehead atoms. The van der Waals surface area contributed by atoms with E-state index in [0.29, 0.717) is 16.4 Å². The number of amides is 2. The van der Waals surface area contributed by atoms with E-state index < -0.39 is 17.4 Å². The van der Waals surface area contributed by atoms with Crippen LogP contribution in [0.5, 0.6) is 0 Å². The first-order valence-corrected chi connectivity index (χ1v) is 8.39. The van der Waals surface area contributed by atoms with Crippen molar-refractivity contribution in [1.82, 2.24) is 9.78 Å². The van der Waals surface area contributed by atoms with Crippen molar-refractivity contribution in [1.29, 1.82) is 0 Å². The molecule has 8 heteroatoms. The number of carbonyl (C=O) groups is 2. The first-order chi connectivity index (χ1) is 13.0. The second-order valence-corrected chi connectivity index (χ2v) is 6.03. The number of benzene rings is 2. The Morgan fingerprint density at radius 2 is 1.67 bits per heavy atom. The van der Waals surface area contributed by atoms with E-state index >= 15 is 0 Å².